The molecule has 56 heavy (non-hydrogen) atoms. The Bertz CT molecular complexity index is 807. The fourth-order valence-electron chi connectivity index (χ4n) is 10.2. The predicted octanol–water partition coefficient (Wildman–Crippen LogP) is 16.7. The molecule has 0 bridgehead atoms. The van der Waals surface area contributed by atoms with E-state index < -0.39 is 64.6 Å². The summed E-state index contributed by atoms with van der Waals surface area (Å²) >= 11 is 0. The molecular weight excluding hydrogens is 1260 g/mol. The number of hydrogen-bond donors (Lipinski definition) is 0. The van der Waals surface area contributed by atoms with Crippen LogP contribution in [-0.4, -0.2) is 75.5 Å². The third-order valence-corrected chi connectivity index (χ3v) is 39.3. The Balaban J connectivity index is -0.000000314. The topological polar surface area (TPSA) is 63.0 Å². The number of rotatable bonds is 8. The van der Waals surface area contributed by atoms with E-state index in [1.807, 2.05) is 0 Å². The third-order valence-electron chi connectivity index (χ3n) is 15.5. The summed E-state index contributed by atoms with van der Waals surface area (Å²) in [5, 5.41) is 0. The molecule has 0 aromatic rings. The predicted molar refractivity (Wildman–Crippen MR) is 279 cm³/mol. The summed E-state index contributed by atoms with van der Waals surface area (Å²) in [7, 11) is -6.58. The molecule has 4 aliphatic rings. The molecule has 0 saturated heterocycles. The van der Waals surface area contributed by atoms with Gasteiger partial charge in [0.15, 0.2) is 0 Å². The van der Waals surface area contributed by atoms with E-state index in [-0.39, 0.29) is 73.2 Å². The van der Waals surface area contributed by atoms with Crippen molar-refractivity contribution in [2.45, 2.75) is 279 Å². The molecule has 4 rings (SSSR count). The van der Waals surface area contributed by atoms with E-state index in [4.69, 9.17) is 0 Å². The average molecular weight is 1370 g/mol. The van der Waals surface area contributed by atoms with Crippen LogP contribution in [-0.2, 0) is 0 Å². The molecule has 2 nitrogen and oxygen atoms in total. The van der Waals surface area contributed by atoms with E-state index in [9.17, 15) is 0 Å². The molecule has 4 N–H and O–H groups in total. The van der Waals surface area contributed by atoms with E-state index in [0.717, 1.165) is 44.3 Å². The quantitative estimate of drug-likeness (QED) is 0.218. The van der Waals surface area contributed by atoms with Gasteiger partial charge in [-0.05, 0) is 44.3 Å². The van der Waals surface area contributed by atoms with Gasteiger partial charge in [-0.25, -0.2) is 0 Å². The molecule has 8 atom stereocenters. The van der Waals surface area contributed by atoms with Crippen molar-refractivity contribution in [1.82, 2.24) is 0 Å². The third kappa shape index (κ3) is 24.2. The zero-order valence-electron chi connectivity index (χ0n) is 43.1. The van der Waals surface area contributed by atoms with Crippen LogP contribution in [0.2, 0.25) is 201 Å². The van der Waals surface area contributed by atoms with E-state index >= 15 is 0 Å². The second-order valence-electron chi connectivity index (χ2n) is 27.8. The molecule has 0 aromatic carbocycles. The summed E-state index contributed by atoms with van der Waals surface area (Å²) < 4.78 is 0. The van der Waals surface area contributed by atoms with Gasteiger partial charge in [-0.3, -0.25) is 0 Å². The first kappa shape index (κ1) is 66.4. The largest absolute Gasteiger partial charge is 2.00 e. The molecule has 332 valence electrons. The second kappa shape index (κ2) is 25.5. The smallest absolute Gasteiger partial charge is 0.412 e. The van der Waals surface area contributed by atoms with Gasteiger partial charge in [0.25, 0.3) is 0 Å². The second-order valence-corrected chi connectivity index (χ2v) is 72.1. The van der Waals surface area contributed by atoms with Crippen molar-refractivity contribution in [2.24, 2.45) is 0 Å². The van der Waals surface area contributed by atoms with Crippen molar-refractivity contribution in [3.8, 4) is 0 Å². The molecule has 4 fully saturated rings. The molecule has 0 radical (unpaired) electrons. The monoisotopic (exact) mass is 1370 g/mol. The van der Waals surface area contributed by atoms with Crippen LogP contribution in [0.5, 0.6) is 0 Å². The van der Waals surface area contributed by atoms with E-state index in [2.05, 4.69) is 157 Å². The van der Waals surface area contributed by atoms with Gasteiger partial charge in [0.05, 0.1) is 0 Å². The first-order chi connectivity index (χ1) is 22.8. The maximum Gasteiger partial charge on any atom is 2.00 e. The zero-order chi connectivity index (χ0) is 41.1. The van der Waals surface area contributed by atoms with Crippen LogP contribution in [0.15, 0.2) is 0 Å². The minimum Gasteiger partial charge on any atom is -0.412 e. The maximum atomic E-state index is 2.55. The fraction of sp³-hybridized carbons (Fsp3) is 1.00. The van der Waals surface area contributed by atoms with Crippen molar-refractivity contribution in [3.05, 3.63) is 0 Å². The maximum absolute atomic E-state index is 2.55. The van der Waals surface area contributed by atoms with Gasteiger partial charge in [0.1, 0.15) is 0 Å². The van der Waals surface area contributed by atoms with Gasteiger partial charge in [0.2, 0.25) is 0 Å². The van der Waals surface area contributed by atoms with E-state index in [1.165, 1.54) is 0 Å². The van der Waals surface area contributed by atoms with Gasteiger partial charge in [0, 0.05) is 64.6 Å². The van der Waals surface area contributed by atoms with E-state index in [0.29, 0.717) is 0 Å². The Hall–Kier alpha value is 3.76. The first-order valence-electron chi connectivity index (χ1n) is 22.8. The Morgan fingerprint density at radius 3 is 0.304 bits per heavy atom. The fourth-order valence-corrected chi connectivity index (χ4v) is 27.4. The zero-order valence-corrected chi connectivity index (χ0v) is 59.4. The van der Waals surface area contributed by atoms with Gasteiger partial charge < -0.3 is 11.0 Å². The van der Waals surface area contributed by atoms with Crippen LogP contribution in [0.25, 0.3) is 0 Å². The first-order valence-corrected chi connectivity index (χ1v) is 51.5. The van der Waals surface area contributed by atoms with Crippen LogP contribution in [0.4, 0.5) is 0 Å². The normalized spacial score (nSPS) is 28.7. The number of hydrogen-bond acceptors (Lipinski definition) is 0. The summed E-state index contributed by atoms with van der Waals surface area (Å²) in [5.74, 6) is 0. The molecule has 12 heteroatoms. The minimum absolute atomic E-state index is 0. The molecule has 0 aromatic heterocycles. The van der Waals surface area contributed by atoms with Crippen molar-refractivity contribution in [1.29, 1.82) is 0 Å². The van der Waals surface area contributed by atoms with Crippen LogP contribution in [0.3, 0.4) is 0 Å². The molecule has 4 aliphatic carbocycles. The molecular formula is C44H108O2Si8U2+4. The summed E-state index contributed by atoms with van der Waals surface area (Å²) in [6.07, 6.45) is 18.7. The summed E-state index contributed by atoms with van der Waals surface area (Å²) in [6, 6.07) is 0. The Morgan fingerprint density at radius 2 is 0.268 bits per heavy atom. The minimum atomic E-state index is -0.823. The van der Waals surface area contributed by atoms with Gasteiger partial charge in [-0.15, -0.1) is 0 Å². The van der Waals surface area contributed by atoms with Crippen molar-refractivity contribution in [2.75, 3.05) is 0 Å². The SMILES string of the molecule is C[Si](C)(C)C1CCC([Si](C)(C)C)C1.C[Si](C)(C)C1CCC([Si](C)(C)C)C1.C[Si](C)(C)C1CCC([Si](C)(C)C)C1.C[Si](C)(C)C1CCC([Si](C)(C)C)C1.O.O.[U+2].[U+2]. The summed E-state index contributed by atoms with van der Waals surface area (Å²) in [4.78, 5) is 0. The summed E-state index contributed by atoms with van der Waals surface area (Å²) in [5.41, 5.74) is 9.03. The molecule has 0 aliphatic heterocycles. The Kier molecular flexibility index (Phi) is 30.2. The Morgan fingerprint density at radius 1 is 0.196 bits per heavy atom. The van der Waals surface area contributed by atoms with Crippen molar-refractivity contribution in [3.63, 3.8) is 0 Å². The molecule has 8 unspecified atom stereocenters. The van der Waals surface area contributed by atoms with Crippen LogP contribution in [0.1, 0.15) is 77.0 Å². The van der Waals surface area contributed by atoms with Gasteiger partial charge >= 0.3 is 62.2 Å². The van der Waals surface area contributed by atoms with Gasteiger partial charge in [-0.2, -0.15) is 0 Å². The van der Waals surface area contributed by atoms with Crippen LogP contribution >= 0.6 is 0 Å². The van der Waals surface area contributed by atoms with Crippen molar-refractivity contribution >= 4 is 64.6 Å². The average Bonchev–Trinajstić information content (AvgIpc) is 3.72. The van der Waals surface area contributed by atoms with E-state index in [1.54, 1.807) is 77.0 Å². The molecule has 0 heterocycles. The Labute approximate surface area is 411 Å². The molecule has 4 saturated carbocycles. The molecule has 0 spiro atoms. The van der Waals surface area contributed by atoms with Crippen molar-refractivity contribution < 1.29 is 73.2 Å². The van der Waals surface area contributed by atoms with Crippen LogP contribution < -0.4 is 0 Å². The molecule has 0 amide bonds. The standard InChI is InChI=1S/4C11H26Si2.2H2O.2U/c4*1-12(2,3)10-7-8-11(9-10)13(4,5)6;;;;/h4*10-11H,7-9H2,1-6H3;2*1H2;;/q;;;;;;2*+2. The van der Waals surface area contributed by atoms with Gasteiger partial charge in [-0.1, -0.05) is 234 Å². The summed E-state index contributed by atoms with van der Waals surface area (Å²) in [6.45, 7) is 61.1. The van der Waals surface area contributed by atoms with Crippen LogP contribution in [0, 0.1) is 62.2 Å².